The first-order valence-electron chi connectivity index (χ1n) is 7.62. The highest BCUT2D eigenvalue weighted by atomic mass is 19.2. The van der Waals surface area contributed by atoms with Gasteiger partial charge in [-0.25, -0.2) is 13.2 Å². The normalized spacial score (nSPS) is 17.3. The van der Waals surface area contributed by atoms with Crippen LogP contribution in [-0.4, -0.2) is 31.1 Å². The molecule has 118 valence electrons. The van der Waals surface area contributed by atoms with Gasteiger partial charge in [0.1, 0.15) is 0 Å². The molecular weight excluding hydrogens is 277 g/mol. The van der Waals surface area contributed by atoms with Crippen molar-refractivity contribution in [3.05, 3.63) is 35.1 Å². The lowest BCUT2D eigenvalue weighted by molar-refractivity contribution is 0.190. The second-order valence-electron chi connectivity index (χ2n) is 5.93. The van der Waals surface area contributed by atoms with Gasteiger partial charge in [0.05, 0.1) is 0 Å². The lowest BCUT2D eigenvalue weighted by Crippen LogP contribution is -2.34. The van der Waals surface area contributed by atoms with Crippen molar-refractivity contribution in [3.63, 3.8) is 0 Å². The lowest BCUT2D eigenvalue weighted by atomic mass is 9.99. The van der Waals surface area contributed by atoms with Crippen molar-refractivity contribution in [2.24, 2.45) is 5.92 Å². The van der Waals surface area contributed by atoms with E-state index in [1.807, 2.05) is 0 Å². The van der Waals surface area contributed by atoms with Gasteiger partial charge in [-0.2, -0.15) is 0 Å². The molecule has 0 bridgehead atoms. The van der Waals surface area contributed by atoms with Gasteiger partial charge in [0.15, 0.2) is 17.5 Å². The average molecular weight is 300 g/mol. The minimum Gasteiger partial charge on any atom is -0.313 e. The van der Waals surface area contributed by atoms with Gasteiger partial charge in [0.25, 0.3) is 0 Å². The van der Waals surface area contributed by atoms with Crippen LogP contribution in [-0.2, 0) is 6.54 Å². The number of hydrogen-bond donors (Lipinski definition) is 1. The van der Waals surface area contributed by atoms with Gasteiger partial charge in [-0.05, 0) is 69.1 Å². The summed E-state index contributed by atoms with van der Waals surface area (Å²) >= 11 is 0. The third-order valence-corrected chi connectivity index (χ3v) is 4.08. The van der Waals surface area contributed by atoms with E-state index in [1.165, 1.54) is 12.8 Å². The van der Waals surface area contributed by atoms with Crippen LogP contribution < -0.4 is 5.32 Å². The van der Waals surface area contributed by atoms with Crippen molar-refractivity contribution >= 4 is 0 Å². The summed E-state index contributed by atoms with van der Waals surface area (Å²) in [6.07, 6.45) is 3.53. The van der Waals surface area contributed by atoms with Gasteiger partial charge in [0, 0.05) is 6.54 Å². The summed E-state index contributed by atoms with van der Waals surface area (Å²) in [6, 6.07) is 2.08. The Morgan fingerprint density at radius 1 is 1.14 bits per heavy atom. The molecule has 1 fully saturated rings. The van der Waals surface area contributed by atoms with Crippen molar-refractivity contribution in [2.75, 3.05) is 26.2 Å². The Morgan fingerprint density at radius 3 is 2.38 bits per heavy atom. The third kappa shape index (κ3) is 5.00. The van der Waals surface area contributed by atoms with Crippen molar-refractivity contribution in [3.8, 4) is 0 Å². The molecule has 1 N–H and O–H groups in total. The quantitative estimate of drug-likeness (QED) is 0.640. The number of hydrogen-bond acceptors (Lipinski definition) is 2. The molecule has 0 saturated carbocycles. The van der Waals surface area contributed by atoms with Crippen LogP contribution in [0.5, 0.6) is 0 Å². The molecule has 5 heteroatoms. The molecule has 0 aromatic heterocycles. The van der Waals surface area contributed by atoms with E-state index in [0.29, 0.717) is 12.1 Å². The second kappa shape index (κ2) is 7.80. The summed E-state index contributed by atoms with van der Waals surface area (Å²) in [5.74, 6) is -2.83. The molecule has 0 amide bonds. The van der Waals surface area contributed by atoms with Crippen LogP contribution in [0.25, 0.3) is 0 Å². The minimum atomic E-state index is -1.40. The standard InChI is InChI=1S/C16H23F3N2/c1-12-3-7-21(8-4-12)6-2-5-20-11-13-9-14(17)16(19)15(18)10-13/h9-10,12,20H,2-8,11H2,1H3. The summed E-state index contributed by atoms with van der Waals surface area (Å²) in [6.45, 7) is 6.80. The predicted octanol–water partition coefficient (Wildman–Crippen LogP) is 3.32. The molecule has 0 atom stereocenters. The summed E-state index contributed by atoms with van der Waals surface area (Å²) in [4.78, 5) is 2.46. The minimum absolute atomic E-state index is 0.352. The summed E-state index contributed by atoms with van der Waals surface area (Å²) in [5.41, 5.74) is 0.429. The number of rotatable bonds is 6. The molecule has 21 heavy (non-hydrogen) atoms. The first-order chi connectivity index (χ1) is 10.1. The smallest absolute Gasteiger partial charge is 0.194 e. The Labute approximate surface area is 124 Å². The van der Waals surface area contributed by atoms with Gasteiger partial charge < -0.3 is 10.2 Å². The Morgan fingerprint density at radius 2 is 1.76 bits per heavy atom. The maximum absolute atomic E-state index is 13.0. The fourth-order valence-electron chi connectivity index (χ4n) is 2.66. The molecule has 0 spiro atoms. The number of nitrogens with one attached hydrogen (secondary N) is 1. The van der Waals surface area contributed by atoms with Crippen molar-refractivity contribution in [1.82, 2.24) is 10.2 Å². The van der Waals surface area contributed by atoms with Gasteiger partial charge >= 0.3 is 0 Å². The molecule has 1 aliphatic rings. The third-order valence-electron chi connectivity index (χ3n) is 4.08. The van der Waals surface area contributed by atoms with Crippen LogP contribution in [0.4, 0.5) is 13.2 Å². The molecule has 1 saturated heterocycles. The molecule has 1 aromatic carbocycles. The van der Waals surface area contributed by atoms with E-state index in [2.05, 4.69) is 17.1 Å². The van der Waals surface area contributed by atoms with E-state index in [0.717, 1.165) is 50.7 Å². The van der Waals surface area contributed by atoms with Gasteiger partial charge in [0.2, 0.25) is 0 Å². The number of nitrogens with zero attached hydrogens (tertiary/aromatic N) is 1. The SMILES string of the molecule is CC1CCN(CCCNCc2cc(F)c(F)c(F)c2)CC1. The van der Waals surface area contributed by atoms with Crippen molar-refractivity contribution in [2.45, 2.75) is 32.7 Å². The van der Waals surface area contributed by atoms with Crippen LogP contribution in [0.2, 0.25) is 0 Å². The zero-order valence-electron chi connectivity index (χ0n) is 12.5. The summed E-state index contributed by atoms with van der Waals surface area (Å²) < 4.78 is 38.9. The van der Waals surface area contributed by atoms with Crippen LogP contribution in [0, 0.1) is 23.4 Å². The van der Waals surface area contributed by atoms with Gasteiger partial charge in [-0.3, -0.25) is 0 Å². The van der Waals surface area contributed by atoms with E-state index in [-0.39, 0.29) is 0 Å². The number of halogens is 3. The number of likely N-dealkylation sites (tertiary alicyclic amines) is 1. The highest BCUT2D eigenvalue weighted by Crippen LogP contribution is 2.16. The lowest BCUT2D eigenvalue weighted by Gasteiger charge is -2.30. The first-order valence-corrected chi connectivity index (χ1v) is 7.62. The predicted molar refractivity (Wildman–Crippen MR) is 77.5 cm³/mol. The van der Waals surface area contributed by atoms with E-state index in [9.17, 15) is 13.2 Å². The van der Waals surface area contributed by atoms with Crippen LogP contribution in [0.3, 0.4) is 0 Å². The Balaban J connectivity index is 1.64. The molecule has 1 aromatic rings. The summed E-state index contributed by atoms with van der Waals surface area (Å²) in [5, 5.41) is 3.14. The molecule has 0 aliphatic carbocycles. The van der Waals surface area contributed by atoms with Crippen molar-refractivity contribution in [1.29, 1.82) is 0 Å². The van der Waals surface area contributed by atoms with Gasteiger partial charge in [-0.15, -0.1) is 0 Å². The maximum Gasteiger partial charge on any atom is 0.194 e. The zero-order valence-corrected chi connectivity index (χ0v) is 12.5. The van der Waals surface area contributed by atoms with Crippen LogP contribution in [0.1, 0.15) is 31.7 Å². The largest absolute Gasteiger partial charge is 0.313 e. The molecule has 0 unspecified atom stereocenters. The number of piperidine rings is 1. The Bertz CT molecular complexity index is 434. The molecule has 2 nitrogen and oxygen atoms in total. The molecular formula is C16H23F3N2. The van der Waals surface area contributed by atoms with E-state index >= 15 is 0 Å². The monoisotopic (exact) mass is 300 g/mol. The van der Waals surface area contributed by atoms with E-state index in [1.54, 1.807) is 0 Å². The van der Waals surface area contributed by atoms with Crippen LogP contribution in [0.15, 0.2) is 12.1 Å². The average Bonchev–Trinajstić information content (AvgIpc) is 2.46. The maximum atomic E-state index is 13.0. The Kier molecular flexibility index (Phi) is 6.06. The van der Waals surface area contributed by atoms with Crippen molar-refractivity contribution < 1.29 is 13.2 Å². The molecule has 0 radical (unpaired) electrons. The molecule has 2 rings (SSSR count). The fourth-order valence-corrected chi connectivity index (χ4v) is 2.66. The highest BCUT2D eigenvalue weighted by molar-refractivity contribution is 5.19. The zero-order chi connectivity index (χ0) is 15.2. The van der Waals surface area contributed by atoms with Gasteiger partial charge in [-0.1, -0.05) is 6.92 Å². The second-order valence-corrected chi connectivity index (χ2v) is 5.93. The molecule has 1 aliphatic heterocycles. The Hall–Kier alpha value is -1.07. The summed E-state index contributed by atoms with van der Waals surface area (Å²) in [7, 11) is 0. The van der Waals surface area contributed by atoms with Crippen LogP contribution >= 0.6 is 0 Å². The van der Waals surface area contributed by atoms with E-state index in [4.69, 9.17) is 0 Å². The molecule has 1 heterocycles. The number of benzene rings is 1. The topological polar surface area (TPSA) is 15.3 Å². The highest BCUT2D eigenvalue weighted by Gasteiger charge is 2.14. The van der Waals surface area contributed by atoms with E-state index < -0.39 is 17.5 Å². The fraction of sp³-hybridized carbons (Fsp3) is 0.625. The first kappa shape index (κ1) is 16.3.